The van der Waals surface area contributed by atoms with E-state index in [9.17, 15) is 22.8 Å². The Hall–Kier alpha value is -3.23. The van der Waals surface area contributed by atoms with Gasteiger partial charge in [0.05, 0.1) is 16.8 Å². The van der Waals surface area contributed by atoms with Gasteiger partial charge in [-0.2, -0.15) is 13.2 Å². The van der Waals surface area contributed by atoms with Crippen molar-refractivity contribution in [3.8, 4) is 0 Å². The largest absolute Gasteiger partial charge is 0.444 e. The highest BCUT2D eigenvalue weighted by molar-refractivity contribution is 6.00. The number of unbranched alkanes of at least 4 members (excludes halogenated alkanes) is 3. The Balaban J connectivity index is 1.76. The number of para-hydroxylation sites is 1. The lowest BCUT2D eigenvalue weighted by atomic mass is 10.1. The van der Waals surface area contributed by atoms with Gasteiger partial charge in [-0.25, -0.2) is 4.79 Å². The van der Waals surface area contributed by atoms with Crippen LogP contribution in [0, 0.1) is 0 Å². The number of nitrogens with one attached hydrogen (secondary N) is 3. The van der Waals surface area contributed by atoms with Crippen LogP contribution in [0.1, 0.15) is 62.4 Å². The second-order valence-corrected chi connectivity index (χ2v) is 8.85. The van der Waals surface area contributed by atoms with Crippen LogP contribution in [0.5, 0.6) is 0 Å². The van der Waals surface area contributed by atoms with Gasteiger partial charge >= 0.3 is 12.3 Å². The van der Waals surface area contributed by atoms with Crippen molar-refractivity contribution in [1.29, 1.82) is 0 Å². The van der Waals surface area contributed by atoms with Gasteiger partial charge in [-0.1, -0.05) is 31.0 Å². The number of ether oxygens (including phenoxy) is 1. The first-order chi connectivity index (χ1) is 16.0. The average molecular weight is 480 g/mol. The van der Waals surface area contributed by atoms with Crippen molar-refractivity contribution in [1.82, 2.24) is 10.6 Å². The lowest BCUT2D eigenvalue weighted by Crippen LogP contribution is -2.33. The Kier molecular flexibility index (Phi) is 9.77. The molecule has 2 rings (SSSR count). The van der Waals surface area contributed by atoms with E-state index in [1.54, 1.807) is 45.0 Å². The van der Waals surface area contributed by atoms with Crippen molar-refractivity contribution in [3.05, 3.63) is 59.7 Å². The maximum Gasteiger partial charge on any atom is 0.416 e. The van der Waals surface area contributed by atoms with Crippen LogP contribution >= 0.6 is 0 Å². The predicted octanol–water partition coefficient (Wildman–Crippen LogP) is 6.26. The zero-order valence-corrected chi connectivity index (χ0v) is 19.7. The summed E-state index contributed by atoms with van der Waals surface area (Å²) in [5, 5.41) is 8.46. The average Bonchev–Trinajstić information content (AvgIpc) is 2.74. The number of alkyl halides is 3. The minimum atomic E-state index is -4.44. The summed E-state index contributed by atoms with van der Waals surface area (Å²) in [4.78, 5) is 24.2. The number of amides is 2. The molecule has 3 N–H and O–H groups in total. The molecule has 0 unspecified atom stereocenters. The van der Waals surface area contributed by atoms with Gasteiger partial charge in [0.25, 0.3) is 5.91 Å². The Labute approximate surface area is 198 Å². The minimum absolute atomic E-state index is 0.245. The van der Waals surface area contributed by atoms with Crippen LogP contribution in [0.25, 0.3) is 0 Å². The molecule has 0 atom stereocenters. The van der Waals surface area contributed by atoms with E-state index < -0.39 is 23.4 Å². The van der Waals surface area contributed by atoms with E-state index in [2.05, 4.69) is 16.0 Å². The predicted molar refractivity (Wildman–Crippen MR) is 126 cm³/mol. The summed E-state index contributed by atoms with van der Waals surface area (Å²) in [6.07, 6.45) is -1.55. The van der Waals surface area contributed by atoms with Gasteiger partial charge in [0, 0.05) is 18.8 Å². The summed E-state index contributed by atoms with van der Waals surface area (Å²) >= 11 is 0. The molecule has 0 bridgehead atoms. The zero-order valence-electron chi connectivity index (χ0n) is 19.7. The highest BCUT2D eigenvalue weighted by atomic mass is 19.4. The van der Waals surface area contributed by atoms with Gasteiger partial charge in [0.15, 0.2) is 0 Å². The third-order valence-corrected chi connectivity index (χ3v) is 4.70. The van der Waals surface area contributed by atoms with E-state index in [1.165, 1.54) is 12.1 Å². The molecule has 0 heterocycles. The van der Waals surface area contributed by atoms with Crippen LogP contribution in [0.4, 0.5) is 29.3 Å². The summed E-state index contributed by atoms with van der Waals surface area (Å²) in [5.74, 6) is -0.304. The van der Waals surface area contributed by atoms with Gasteiger partial charge < -0.3 is 20.7 Å². The van der Waals surface area contributed by atoms with E-state index in [-0.39, 0.29) is 11.6 Å². The van der Waals surface area contributed by atoms with Gasteiger partial charge in [-0.3, -0.25) is 4.79 Å². The molecule has 2 aromatic carbocycles. The van der Waals surface area contributed by atoms with E-state index in [0.717, 1.165) is 37.8 Å². The minimum Gasteiger partial charge on any atom is -0.444 e. The lowest BCUT2D eigenvalue weighted by molar-refractivity contribution is -0.137. The van der Waals surface area contributed by atoms with Crippen LogP contribution in [0.3, 0.4) is 0 Å². The Morgan fingerprint density at radius 2 is 1.50 bits per heavy atom. The van der Waals surface area contributed by atoms with Gasteiger partial charge in [-0.05, 0) is 63.9 Å². The lowest BCUT2D eigenvalue weighted by Gasteiger charge is -2.19. The number of anilines is 2. The molecule has 0 saturated carbocycles. The zero-order chi connectivity index (χ0) is 25.2. The molecular formula is C25H32F3N3O3. The van der Waals surface area contributed by atoms with Crippen LogP contribution in [-0.2, 0) is 10.9 Å². The molecule has 0 spiro atoms. The summed E-state index contributed by atoms with van der Waals surface area (Å²) in [6.45, 7) is 6.41. The molecule has 34 heavy (non-hydrogen) atoms. The van der Waals surface area contributed by atoms with Gasteiger partial charge in [0.2, 0.25) is 0 Å². The summed E-state index contributed by atoms with van der Waals surface area (Å²) in [5.41, 5.74) is -0.270. The van der Waals surface area contributed by atoms with Crippen LogP contribution in [0.15, 0.2) is 48.5 Å². The first kappa shape index (κ1) is 27.0. The highest BCUT2D eigenvalue weighted by Gasteiger charge is 2.30. The van der Waals surface area contributed by atoms with Crippen molar-refractivity contribution < 1.29 is 27.5 Å². The number of carbonyl (C=O) groups excluding carboxylic acids is 2. The summed E-state index contributed by atoms with van der Waals surface area (Å²) in [6, 6.07) is 11.5. The first-order valence-corrected chi connectivity index (χ1v) is 11.2. The third kappa shape index (κ3) is 9.72. The molecule has 0 saturated heterocycles. The summed E-state index contributed by atoms with van der Waals surface area (Å²) in [7, 11) is 0. The molecule has 6 nitrogen and oxygen atoms in total. The molecule has 0 aliphatic heterocycles. The van der Waals surface area contributed by atoms with Gasteiger partial charge in [0.1, 0.15) is 5.60 Å². The molecule has 0 radical (unpaired) electrons. The van der Waals surface area contributed by atoms with Crippen molar-refractivity contribution >= 4 is 23.4 Å². The third-order valence-electron chi connectivity index (χ3n) is 4.70. The number of carbonyl (C=O) groups is 2. The number of hydrogen-bond donors (Lipinski definition) is 3. The van der Waals surface area contributed by atoms with E-state index >= 15 is 0 Å². The number of benzene rings is 2. The number of alkyl carbamates (subject to hydrolysis) is 1. The molecular weight excluding hydrogens is 447 g/mol. The topological polar surface area (TPSA) is 79.5 Å². The van der Waals surface area contributed by atoms with Crippen molar-refractivity contribution in [2.45, 2.75) is 58.2 Å². The molecule has 0 aliphatic rings. The molecule has 9 heteroatoms. The fraction of sp³-hybridized carbons (Fsp3) is 0.440. The smallest absolute Gasteiger partial charge is 0.416 e. The fourth-order valence-corrected chi connectivity index (χ4v) is 3.12. The highest BCUT2D eigenvalue weighted by Crippen LogP contribution is 2.31. The Bertz CT molecular complexity index is 956. The molecule has 2 aromatic rings. The molecule has 2 amide bonds. The molecule has 186 valence electrons. The second-order valence-electron chi connectivity index (χ2n) is 8.85. The maximum atomic E-state index is 13.0. The molecule has 0 aromatic heterocycles. The van der Waals surface area contributed by atoms with E-state index in [1.807, 2.05) is 0 Å². The first-order valence-electron chi connectivity index (χ1n) is 11.2. The number of rotatable bonds is 10. The maximum absolute atomic E-state index is 13.0. The Morgan fingerprint density at radius 3 is 2.15 bits per heavy atom. The molecule has 0 aliphatic carbocycles. The van der Waals surface area contributed by atoms with E-state index in [4.69, 9.17) is 4.74 Å². The number of halogens is 3. The monoisotopic (exact) mass is 479 g/mol. The quantitative estimate of drug-likeness (QED) is 0.351. The second kappa shape index (κ2) is 12.3. The fourth-order valence-electron chi connectivity index (χ4n) is 3.12. The van der Waals surface area contributed by atoms with Crippen molar-refractivity contribution in [2.24, 2.45) is 0 Å². The molecule has 0 fully saturated rings. The van der Waals surface area contributed by atoms with Crippen LogP contribution in [0.2, 0.25) is 0 Å². The van der Waals surface area contributed by atoms with Crippen molar-refractivity contribution in [3.63, 3.8) is 0 Å². The standard InChI is InChI=1S/C25H32F3N3O3/c1-24(2,3)34-23(33)30-16-9-5-4-8-15-29-22(32)20-13-6-7-14-21(20)31-19-12-10-11-18(17-19)25(26,27)28/h6-7,10-14,17,31H,4-5,8-9,15-16H2,1-3H3,(H,29,32)(H,30,33). The normalized spacial score (nSPS) is 11.6. The van der Waals surface area contributed by atoms with E-state index in [0.29, 0.717) is 24.3 Å². The number of hydrogen-bond acceptors (Lipinski definition) is 4. The summed E-state index contributed by atoms with van der Waals surface area (Å²) < 4.78 is 44.1. The van der Waals surface area contributed by atoms with Crippen LogP contribution < -0.4 is 16.0 Å². The Morgan fingerprint density at radius 1 is 0.853 bits per heavy atom. The van der Waals surface area contributed by atoms with Gasteiger partial charge in [-0.15, -0.1) is 0 Å². The SMILES string of the molecule is CC(C)(C)OC(=O)NCCCCCCNC(=O)c1ccccc1Nc1cccc(C(F)(F)F)c1. The van der Waals surface area contributed by atoms with Crippen molar-refractivity contribution in [2.75, 3.05) is 18.4 Å². The van der Waals surface area contributed by atoms with Crippen LogP contribution in [-0.4, -0.2) is 30.7 Å².